The Kier molecular flexibility index (Phi) is 5.11. The number of aliphatic hydroxyl groups is 1. The van der Waals surface area contributed by atoms with E-state index >= 15 is 0 Å². The molecule has 158 valence electrons. The standard InChI is InChI=1S/C21H22N2O6S/c1-11-9-13-16(20(26)28-3)23-18(25)15(19(23)30-17(13)21(11,2)27)22-14(24)10-29-12-7-5-4-6-8-12/h4-9,15,17,19,27H,10H2,1-3H3,(H,22,24)/t15-,17-,19-,21+/m1/s1. The van der Waals surface area contributed by atoms with Crippen molar-refractivity contribution >= 4 is 29.5 Å². The number of rotatable bonds is 5. The second-order valence-corrected chi connectivity index (χ2v) is 8.76. The summed E-state index contributed by atoms with van der Waals surface area (Å²) in [6.45, 7) is 3.22. The summed E-state index contributed by atoms with van der Waals surface area (Å²) in [7, 11) is 1.25. The number of amides is 2. The van der Waals surface area contributed by atoms with E-state index < -0.39 is 40.1 Å². The van der Waals surface area contributed by atoms with Gasteiger partial charge in [0.25, 0.3) is 11.8 Å². The van der Waals surface area contributed by atoms with Gasteiger partial charge in [-0.25, -0.2) is 4.79 Å². The lowest BCUT2D eigenvalue weighted by molar-refractivity contribution is -0.152. The zero-order valence-electron chi connectivity index (χ0n) is 16.7. The number of β-lactam (4-membered cyclic amide) rings is 1. The van der Waals surface area contributed by atoms with Crippen LogP contribution in [0, 0.1) is 0 Å². The van der Waals surface area contributed by atoms with Crippen LogP contribution < -0.4 is 10.1 Å². The van der Waals surface area contributed by atoms with Gasteiger partial charge in [-0.05, 0) is 37.1 Å². The lowest BCUT2D eigenvalue weighted by Gasteiger charge is -2.52. The number of ether oxygens (including phenoxy) is 2. The fourth-order valence-corrected chi connectivity index (χ4v) is 5.54. The predicted octanol–water partition coefficient (Wildman–Crippen LogP) is 0.972. The lowest BCUT2D eigenvalue weighted by Crippen LogP contribution is -2.71. The van der Waals surface area contributed by atoms with Gasteiger partial charge in [-0.2, -0.15) is 0 Å². The van der Waals surface area contributed by atoms with E-state index in [1.807, 2.05) is 6.07 Å². The normalized spacial score (nSPS) is 29.5. The summed E-state index contributed by atoms with van der Waals surface area (Å²) in [5.74, 6) is -0.943. The molecular formula is C21H22N2O6S. The third-order valence-corrected chi connectivity index (χ3v) is 7.35. The first-order valence-electron chi connectivity index (χ1n) is 9.45. The van der Waals surface area contributed by atoms with Gasteiger partial charge in [-0.3, -0.25) is 14.5 Å². The lowest BCUT2D eigenvalue weighted by atomic mass is 9.96. The van der Waals surface area contributed by atoms with E-state index in [1.165, 1.54) is 23.8 Å². The number of methoxy groups -OCH3 is 1. The molecule has 1 saturated heterocycles. The third kappa shape index (κ3) is 3.18. The molecule has 0 saturated carbocycles. The van der Waals surface area contributed by atoms with Crippen LogP contribution >= 0.6 is 11.8 Å². The highest BCUT2D eigenvalue weighted by Crippen LogP contribution is 2.52. The molecule has 1 aromatic rings. The van der Waals surface area contributed by atoms with Crippen LogP contribution in [0.1, 0.15) is 13.8 Å². The molecule has 2 aliphatic heterocycles. The number of nitrogens with one attached hydrogen (secondary N) is 1. The average molecular weight is 430 g/mol. The Morgan fingerprint density at radius 1 is 1.30 bits per heavy atom. The largest absolute Gasteiger partial charge is 0.484 e. The summed E-state index contributed by atoms with van der Waals surface area (Å²) in [6.07, 6.45) is 1.73. The summed E-state index contributed by atoms with van der Waals surface area (Å²) in [6, 6.07) is 8.06. The van der Waals surface area contributed by atoms with Gasteiger partial charge in [0, 0.05) is 0 Å². The van der Waals surface area contributed by atoms with Gasteiger partial charge in [0.05, 0.1) is 18.0 Å². The number of benzene rings is 1. The van der Waals surface area contributed by atoms with E-state index in [0.29, 0.717) is 16.9 Å². The van der Waals surface area contributed by atoms with Crippen LogP contribution in [-0.2, 0) is 19.1 Å². The van der Waals surface area contributed by atoms with Crippen LogP contribution in [0.4, 0.5) is 0 Å². The fourth-order valence-electron chi connectivity index (χ4n) is 3.81. The summed E-state index contributed by atoms with van der Waals surface area (Å²) >= 11 is 1.34. The molecule has 2 N–H and O–H groups in total. The second kappa shape index (κ2) is 7.48. The van der Waals surface area contributed by atoms with Crippen LogP contribution in [-0.4, -0.2) is 63.8 Å². The first-order valence-corrected chi connectivity index (χ1v) is 10.4. The van der Waals surface area contributed by atoms with E-state index in [9.17, 15) is 19.5 Å². The Morgan fingerprint density at radius 2 is 2.00 bits per heavy atom. The van der Waals surface area contributed by atoms with Crippen LogP contribution in [0.2, 0.25) is 0 Å². The van der Waals surface area contributed by atoms with Crippen molar-refractivity contribution in [3.63, 3.8) is 0 Å². The summed E-state index contributed by atoms with van der Waals surface area (Å²) < 4.78 is 10.3. The van der Waals surface area contributed by atoms with Crippen molar-refractivity contribution in [1.82, 2.24) is 10.2 Å². The molecule has 1 fully saturated rings. The van der Waals surface area contributed by atoms with Crippen molar-refractivity contribution in [2.24, 2.45) is 0 Å². The minimum atomic E-state index is -1.17. The zero-order valence-corrected chi connectivity index (χ0v) is 17.6. The van der Waals surface area contributed by atoms with E-state index in [4.69, 9.17) is 9.47 Å². The minimum Gasteiger partial charge on any atom is -0.484 e. The Labute approximate surface area is 177 Å². The van der Waals surface area contributed by atoms with E-state index in [1.54, 1.807) is 44.2 Å². The number of hydrogen-bond acceptors (Lipinski definition) is 7. The number of carbonyl (C=O) groups excluding carboxylic acids is 3. The number of nitrogens with zero attached hydrogens (tertiary/aromatic N) is 1. The van der Waals surface area contributed by atoms with Gasteiger partial charge in [0.1, 0.15) is 22.9 Å². The van der Waals surface area contributed by atoms with Gasteiger partial charge in [-0.15, -0.1) is 11.8 Å². The highest BCUT2D eigenvalue weighted by atomic mass is 32.2. The summed E-state index contributed by atoms with van der Waals surface area (Å²) in [5.41, 5.74) is 0.216. The summed E-state index contributed by atoms with van der Waals surface area (Å²) in [5, 5.41) is 12.6. The highest BCUT2D eigenvalue weighted by Gasteiger charge is 2.60. The Bertz CT molecular complexity index is 971. The number of para-hydroxylation sites is 1. The molecule has 9 heteroatoms. The molecule has 0 unspecified atom stereocenters. The third-order valence-electron chi connectivity index (χ3n) is 5.60. The second-order valence-electron chi connectivity index (χ2n) is 7.53. The monoisotopic (exact) mass is 430 g/mol. The Hall–Kier alpha value is -2.78. The molecule has 3 aliphatic rings. The van der Waals surface area contributed by atoms with E-state index in [2.05, 4.69) is 5.32 Å². The first-order chi connectivity index (χ1) is 14.3. The molecular weight excluding hydrogens is 408 g/mol. The van der Waals surface area contributed by atoms with Crippen molar-refractivity contribution < 1.29 is 29.0 Å². The SMILES string of the molecule is COC(=O)C1=C2C=C(C)[C@](C)(O)[C@@H]2S[C@@H]2[C@H](NC(=O)COc3ccccc3)C(=O)N12. The number of thioether (sulfide) groups is 1. The van der Waals surface area contributed by atoms with Crippen LogP contribution in [0.25, 0.3) is 0 Å². The van der Waals surface area contributed by atoms with Crippen molar-refractivity contribution in [2.45, 2.75) is 36.1 Å². The maximum Gasteiger partial charge on any atom is 0.355 e. The maximum atomic E-state index is 12.8. The number of esters is 1. The van der Waals surface area contributed by atoms with Crippen molar-refractivity contribution in [3.8, 4) is 5.75 Å². The van der Waals surface area contributed by atoms with Crippen molar-refractivity contribution in [2.75, 3.05) is 13.7 Å². The van der Waals surface area contributed by atoms with E-state index in [-0.39, 0.29) is 12.3 Å². The van der Waals surface area contributed by atoms with Crippen molar-refractivity contribution in [3.05, 3.63) is 53.3 Å². The molecule has 8 nitrogen and oxygen atoms in total. The topological polar surface area (TPSA) is 105 Å². The van der Waals surface area contributed by atoms with Gasteiger partial charge in [0.15, 0.2) is 6.61 Å². The zero-order chi connectivity index (χ0) is 21.6. The minimum absolute atomic E-state index is 0.124. The number of hydrogen-bond donors (Lipinski definition) is 2. The molecule has 0 radical (unpaired) electrons. The van der Waals surface area contributed by atoms with E-state index in [0.717, 1.165) is 0 Å². The molecule has 1 aliphatic carbocycles. The van der Waals surface area contributed by atoms with Crippen LogP contribution in [0.3, 0.4) is 0 Å². The smallest absolute Gasteiger partial charge is 0.355 e. The number of allylic oxidation sites excluding steroid dienone is 1. The van der Waals surface area contributed by atoms with Crippen molar-refractivity contribution in [1.29, 1.82) is 0 Å². The molecule has 2 amide bonds. The van der Waals surface area contributed by atoms with Crippen LogP contribution in [0.15, 0.2) is 53.3 Å². The Balaban J connectivity index is 1.51. The highest BCUT2D eigenvalue weighted by molar-refractivity contribution is 8.01. The van der Waals surface area contributed by atoms with Gasteiger partial charge < -0.3 is 19.9 Å². The number of carbonyl (C=O) groups is 3. The predicted molar refractivity (Wildman–Crippen MR) is 109 cm³/mol. The molecule has 30 heavy (non-hydrogen) atoms. The molecule has 0 spiro atoms. The van der Waals surface area contributed by atoms with Crippen LogP contribution in [0.5, 0.6) is 5.75 Å². The quantitative estimate of drug-likeness (QED) is 0.530. The summed E-state index contributed by atoms with van der Waals surface area (Å²) in [4.78, 5) is 38.9. The molecule has 2 heterocycles. The fraction of sp³-hybridized carbons (Fsp3) is 0.381. The average Bonchev–Trinajstić information content (AvgIpc) is 2.97. The van der Waals surface area contributed by atoms with Gasteiger partial charge in [-0.1, -0.05) is 24.3 Å². The molecule has 4 atom stereocenters. The molecule has 1 aromatic carbocycles. The molecule has 0 aromatic heterocycles. The maximum absolute atomic E-state index is 12.8. The Morgan fingerprint density at radius 3 is 2.67 bits per heavy atom. The number of fused-ring (bicyclic) bond motifs is 2. The molecule has 0 bridgehead atoms. The first kappa shape index (κ1) is 20.5. The van der Waals surface area contributed by atoms with Gasteiger partial charge >= 0.3 is 5.97 Å². The molecule has 4 rings (SSSR count). The van der Waals surface area contributed by atoms with Gasteiger partial charge in [0.2, 0.25) is 0 Å².